The molecule has 2 unspecified atom stereocenters. The van der Waals surface area contributed by atoms with E-state index in [0.29, 0.717) is 6.04 Å². The van der Waals surface area contributed by atoms with Crippen LogP contribution in [0.4, 0.5) is 0 Å². The topological polar surface area (TPSA) is 45.4 Å². The van der Waals surface area contributed by atoms with E-state index in [1.165, 1.54) is 41.4 Å². The zero-order valence-corrected chi connectivity index (χ0v) is 12.7. The van der Waals surface area contributed by atoms with Crippen molar-refractivity contribution in [3.63, 3.8) is 0 Å². The van der Waals surface area contributed by atoms with Gasteiger partial charge in [-0.25, -0.2) is 4.98 Å². The maximum atomic E-state index is 6.20. The number of hydrogen-bond acceptors (Lipinski definition) is 5. The van der Waals surface area contributed by atoms with Crippen molar-refractivity contribution in [2.24, 2.45) is 5.73 Å². The van der Waals surface area contributed by atoms with Gasteiger partial charge in [0.1, 0.15) is 5.01 Å². The van der Waals surface area contributed by atoms with E-state index in [-0.39, 0.29) is 6.04 Å². The molecule has 0 saturated carbocycles. The summed E-state index contributed by atoms with van der Waals surface area (Å²) in [6.07, 6.45) is 4.73. The van der Waals surface area contributed by atoms with Crippen LogP contribution in [0, 0.1) is 0 Å². The van der Waals surface area contributed by atoms with Crippen LogP contribution >= 0.6 is 11.3 Å². The van der Waals surface area contributed by atoms with E-state index in [2.05, 4.69) is 23.9 Å². The highest BCUT2D eigenvalue weighted by atomic mass is 32.1. The molecule has 2 atom stereocenters. The lowest BCUT2D eigenvalue weighted by atomic mass is 9.99. The lowest BCUT2D eigenvalue weighted by Crippen LogP contribution is -2.30. The van der Waals surface area contributed by atoms with Gasteiger partial charge in [-0.3, -0.25) is 4.90 Å². The van der Waals surface area contributed by atoms with Crippen LogP contribution in [-0.2, 0) is 6.42 Å². The highest BCUT2D eigenvalue weighted by Crippen LogP contribution is 2.36. The summed E-state index contributed by atoms with van der Waals surface area (Å²) in [5.41, 5.74) is 7.39. The minimum atomic E-state index is 0.169. The van der Waals surface area contributed by atoms with Gasteiger partial charge in [-0.1, -0.05) is 0 Å². The molecule has 0 aromatic carbocycles. The highest BCUT2D eigenvalue weighted by molar-refractivity contribution is 7.11. The summed E-state index contributed by atoms with van der Waals surface area (Å²) in [5.74, 6) is 0. The molecule has 1 aliphatic carbocycles. The first-order chi connectivity index (χ1) is 9.15. The van der Waals surface area contributed by atoms with Gasteiger partial charge in [0.15, 0.2) is 0 Å². The van der Waals surface area contributed by atoms with E-state index in [0.717, 1.165) is 19.5 Å². The van der Waals surface area contributed by atoms with Crippen LogP contribution in [-0.4, -0.2) is 48.5 Å². The Bertz CT molecular complexity index is 445. The Morgan fingerprint density at radius 2 is 2.11 bits per heavy atom. The first-order valence-corrected chi connectivity index (χ1v) is 8.10. The van der Waals surface area contributed by atoms with E-state index in [1.807, 2.05) is 11.3 Å². The smallest absolute Gasteiger partial charge is 0.112 e. The van der Waals surface area contributed by atoms with Crippen molar-refractivity contribution >= 4 is 11.3 Å². The van der Waals surface area contributed by atoms with Gasteiger partial charge in [-0.2, -0.15) is 0 Å². The quantitative estimate of drug-likeness (QED) is 0.852. The first-order valence-electron chi connectivity index (χ1n) is 7.29. The molecule has 2 aliphatic rings. The minimum absolute atomic E-state index is 0.169. The first kappa shape index (κ1) is 13.5. The maximum Gasteiger partial charge on any atom is 0.112 e. The molecule has 1 aliphatic heterocycles. The van der Waals surface area contributed by atoms with E-state index in [9.17, 15) is 0 Å². The monoisotopic (exact) mass is 280 g/mol. The fourth-order valence-electron chi connectivity index (χ4n) is 3.15. The molecule has 1 aromatic rings. The molecular formula is C14H24N4S. The van der Waals surface area contributed by atoms with Gasteiger partial charge in [0.25, 0.3) is 0 Å². The van der Waals surface area contributed by atoms with E-state index in [4.69, 9.17) is 10.7 Å². The van der Waals surface area contributed by atoms with E-state index < -0.39 is 0 Å². The second-order valence-corrected chi connectivity index (χ2v) is 7.09. The van der Waals surface area contributed by atoms with Gasteiger partial charge >= 0.3 is 0 Å². The summed E-state index contributed by atoms with van der Waals surface area (Å²) in [6, 6.07) is 0.609. The van der Waals surface area contributed by atoms with Crippen molar-refractivity contribution in [3.8, 4) is 0 Å². The fraction of sp³-hybridized carbons (Fsp3) is 0.786. The Kier molecular flexibility index (Phi) is 3.89. The Labute approximate surface area is 119 Å². The van der Waals surface area contributed by atoms with Crippen molar-refractivity contribution in [1.29, 1.82) is 0 Å². The molecule has 0 amide bonds. The number of fused-ring (bicyclic) bond motifs is 1. The average Bonchev–Trinajstić information content (AvgIpc) is 2.73. The van der Waals surface area contributed by atoms with Crippen molar-refractivity contribution in [1.82, 2.24) is 14.8 Å². The van der Waals surface area contributed by atoms with Gasteiger partial charge in [-0.05, 0) is 52.9 Å². The van der Waals surface area contributed by atoms with Crippen LogP contribution < -0.4 is 5.73 Å². The summed E-state index contributed by atoms with van der Waals surface area (Å²) in [6.45, 7) is 3.43. The third-order valence-corrected chi connectivity index (χ3v) is 5.60. The van der Waals surface area contributed by atoms with Crippen LogP contribution in [0.3, 0.4) is 0 Å². The van der Waals surface area contributed by atoms with Crippen LogP contribution in [0.15, 0.2) is 0 Å². The molecule has 2 N–H and O–H groups in total. The molecule has 0 bridgehead atoms. The molecule has 106 valence electrons. The van der Waals surface area contributed by atoms with Gasteiger partial charge in [0.2, 0.25) is 0 Å². The third-order valence-electron chi connectivity index (χ3n) is 4.37. The van der Waals surface area contributed by atoms with Gasteiger partial charge < -0.3 is 10.6 Å². The number of nitrogens with two attached hydrogens (primary N) is 1. The third kappa shape index (κ3) is 2.70. The molecule has 1 aromatic heterocycles. The number of hydrogen-bond donors (Lipinski definition) is 1. The largest absolute Gasteiger partial charge is 0.323 e. The zero-order chi connectivity index (χ0) is 13.4. The summed E-state index contributed by atoms with van der Waals surface area (Å²) in [7, 11) is 4.44. The number of nitrogens with zero attached hydrogens (tertiary/aromatic N) is 3. The van der Waals surface area contributed by atoms with Crippen molar-refractivity contribution in [3.05, 3.63) is 15.6 Å². The molecule has 19 heavy (non-hydrogen) atoms. The molecule has 1 fully saturated rings. The lowest BCUT2D eigenvalue weighted by Gasteiger charge is -2.25. The Hall–Kier alpha value is -0.490. The van der Waals surface area contributed by atoms with Crippen molar-refractivity contribution < 1.29 is 0 Å². The average molecular weight is 280 g/mol. The molecule has 2 heterocycles. The van der Waals surface area contributed by atoms with Crippen LogP contribution in [0.5, 0.6) is 0 Å². The van der Waals surface area contributed by atoms with Gasteiger partial charge in [0.05, 0.1) is 11.7 Å². The Morgan fingerprint density at radius 3 is 2.89 bits per heavy atom. The summed E-state index contributed by atoms with van der Waals surface area (Å²) >= 11 is 1.90. The van der Waals surface area contributed by atoms with Gasteiger partial charge in [0, 0.05) is 17.5 Å². The van der Waals surface area contributed by atoms with E-state index >= 15 is 0 Å². The van der Waals surface area contributed by atoms with Crippen molar-refractivity contribution in [2.45, 2.75) is 37.8 Å². The number of thiazole rings is 1. The molecule has 0 spiro atoms. The Balaban J connectivity index is 1.88. The second kappa shape index (κ2) is 5.48. The molecule has 4 nitrogen and oxygen atoms in total. The highest BCUT2D eigenvalue weighted by Gasteiger charge is 2.28. The number of aryl methyl sites for hydroxylation is 1. The molecule has 0 radical (unpaired) electrons. The predicted molar refractivity (Wildman–Crippen MR) is 79.5 cm³/mol. The molecule has 1 saturated heterocycles. The number of rotatable bonds is 1. The maximum absolute atomic E-state index is 6.20. The second-order valence-electron chi connectivity index (χ2n) is 5.97. The fourth-order valence-corrected chi connectivity index (χ4v) is 4.49. The Morgan fingerprint density at radius 1 is 1.26 bits per heavy atom. The zero-order valence-electron chi connectivity index (χ0n) is 11.9. The summed E-state index contributed by atoms with van der Waals surface area (Å²) < 4.78 is 0. The summed E-state index contributed by atoms with van der Waals surface area (Å²) in [5, 5.41) is 1.28. The van der Waals surface area contributed by atoms with Crippen LogP contribution in [0.2, 0.25) is 0 Å². The summed E-state index contributed by atoms with van der Waals surface area (Å²) in [4.78, 5) is 11.2. The predicted octanol–water partition coefficient (Wildman–Crippen LogP) is 1.79. The standard InChI is InChI=1S/C14H24N4S/c1-17-7-4-8-18(2)11(9-17)14-16-13-10(15)5-3-6-12(13)19-14/h10-11H,3-9,15H2,1-2H3. The van der Waals surface area contributed by atoms with Crippen LogP contribution in [0.1, 0.15) is 46.9 Å². The van der Waals surface area contributed by atoms with Crippen LogP contribution in [0.25, 0.3) is 0 Å². The molecule has 5 heteroatoms. The van der Waals surface area contributed by atoms with E-state index in [1.54, 1.807) is 0 Å². The minimum Gasteiger partial charge on any atom is -0.323 e. The number of likely N-dealkylation sites (N-methyl/N-ethyl adjacent to an activating group) is 2. The molecular weight excluding hydrogens is 256 g/mol. The van der Waals surface area contributed by atoms with Gasteiger partial charge in [-0.15, -0.1) is 11.3 Å². The SMILES string of the molecule is CN1CCCN(C)C(c2nc3c(s2)CCCC3N)C1. The lowest BCUT2D eigenvalue weighted by molar-refractivity contribution is 0.228. The molecule has 3 rings (SSSR count). The normalized spacial score (nSPS) is 30.1. The van der Waals surface area contributed by atoms with Crippen molar-refractivity contribution in [2.75, 3.05) is 33.7 Å². The number of aromatic nitrogens is 1.